The SMILES string of the molecule is CCCCC(CC)Cc1ccc(C2(c3ccc(CC(CC)CCC)cc3)c3ccsc3-c3sc4c5c(sc4c32)-c2sccc2C5(c2ccc(CC(CC)CCCC)cc2)c2ccc(CC(CC)CCCC)cc2)cc1. The largest absolute Gasteiger partial charge is 0.143 e. The lowest BCUT2D eigenvalue weighted by atomic mass is 9.67. The third-order valence-electron chi connectivity index (χ3n) is 18.4. The van der Waals surface area contributed by atoms with E-state index < -0.39 is 10.8 Å². The van der Waals surface area contributed by atoms with Crippen LogP contribution in [-0.2, 0) is 36.5 Å². The Balaban J connectivity index is 1.18. The highest BCUT2D eigenvalue weighted by Crippen LogP contribution is 2.69. The maximum absolute atomic E-state index is 2.55. The molecule has 0 saturated heterocycles. The van der Waals surface area contributed by atoms with Crippen LogP contribution in [0, 0.1) is 23.7 Å². The summed E-state index contributed by atoms with van der Waals surface area (Å²) in [4.78, 5) is 5.91. The van der Waals surface area contributed by atoms with Crippen molar-refractivity contribution in [1.29, 1.82) is 0 Å². The summed E-state index contributed by atoms with van der Waals surface area (Å²) < 4.78 is 2.99. The normalized spacial score (nSPS) is 18.2. The van der Waals surface area contributed by atoms with Gasteiger partial charge in [0, 0.05) is 20.9 Å². The molecule has 0 aliphatic heterocycles. The smallest absolute Gasteiger partial charge is 0.0744 e. The van der Waals surface area contributed by atoms with E-state index in [0.717, 1.165) is 49.4 Å². The molecular formula is C71H86S4. The molecule has 0 nitrogen and oxygen atoms in total. The zero-order chi connectivity index (χ0) is 52.1. The summed E-state index contributed by atoms with van der Waals surface area (Å²) in [6.07, 6.45) is 23.8. The van der Waals surface area contributed by atoms with Crippen LogP contribution < -0.4 is 0 Å². The second kappa shape index (κ2) is 24.3. The van der Waals surface area contributed by atoms with Crippen LogP contribution in [0.2, 0.25) is 0 Å². The van der Waals surface area contributed by atoms with Crippen molar-refractivity contribution in [3.63, 3.8) is 0 Å². The standard InChI is InChI=1S/C71H86S4/c1-9-17-21-49(14-6)45-53-26-34-57(35-27-53)70(56-32-24-52(25-33-56)44-48(13-5)20-12-4)60-40-42-72-64(60)66-62(70)68-69(74-66)63-67(75-68)65-61(41-43-73-65)71(63,58-36-28-54(29-37-58)46-50(15-7)22-18-10-2)59-38-30-55(31-39-59)47-51(16-8)23-19-11-3/h24-43,48-51H,9-23,44-47H2,1-8H3. The minimum absolute atomic E-state index is 0.427. The van der Waals surface area contributed by atoms with Crippen LogP contribution in [0.5, 0.6) is 0 Å². The third kappa shape index (κ3) is 10.1. The predicted molar refractivity (Wildman–Crippen MR) is 333 cm³/mol. The molecule has 0 spiro atoms. The summed E-state index contributed by atoms with van der Waals surface area (Å²) >= 11 is 8.16. The first kappa shape index (κ1) is 54.3. The second-order valence-corrected chi connectivity index (χ2v) is 26.9. The van der Waals surface area contributed by atoms with E-state index in [2.05, 4.69) is 198 Å². The van der Waals surface area contributed by atoms with Gasteiger partial charge in [-0.3, -0.25) is 0 Å². The van der Waals surface area contributed by atoms with Gasteiger partial charge in [0.2, 0.25) is 0 Å². The van der Waals surface area contributed by atoms with Gasteiger partial charge in [-0.05, 0) is 128 Å². The van der Waals surface area contributed by atoms with Crippen molar-refractivity contribution in [2.45, 2.75) is 188 Å². The Morgan fingerprint density at radius 2 is 0.627 bits per heavy atom. The zero-order valence-electron chi connectivity index (χ0n) is 46.9. The second-order valence-electron chi connectivity index (χ2n) is 23.0. The molecule has 8 aromatic rings. The number of benzene rings is 4. The molecule has 5 unspecified atom stereocenters. The van der Waals surface area contributed by atoms with Gasteiger partial charge in [0.1, 0.15) is 0 Å². The van der Waals surface area contributed by atoms with Crippen LogP contribution in [0.15, 0.2) is 120 Å². The monoisotopic (exact) mass is 1070 g/mol. The maximum Gasteiger partial charge on any atom is 0.0744 e. The Bertz CT molecular complexity index is 3020. The van der Waals surface area contributed by atoms with E-state index >= 15 is 0 Å². The first-order valence-corrected chi connectivity index (χ1v) is 33.3. The van der Waals surface area contributed by atoms with Crippen LogP contribution >= 0.6 is 45.3 Å². The maximum atomic E-state index is 2.55. The van der Waals surface area contributed by atoms with Crippen LogP contribution in [0.4, 0.5) is 0 Å². The molecule has 2 aliphatic rings. The number of fused-ring (bicyclic) bond motifs is 9. The summed E-state index contributed by atoms with van der Waals surface area (Å²) in [5.41, 5.74) is 16.7. The number of hydrogen-bond donors (Lipinski definition) is 0. The summed E-state index contributed by atoms with van der Waals surface area (Å²) in [5.74, 6) is 2.93. The van der Waals surface area contributed by atoms with Gasteiger partial charge < -0.3 is 0 Å². The van der Waals surface area contributed by atoms with Crippen molar-refractivity contribution in [3.05, 3.63) is 187 Å². The quantitative estimate of drug-likeness (QED) is 0.0481. The molecule has 394 valence electrons. The fourth-order valence-electron chi connectivity index (χ4n) is 13.9. The van der Waals surface area contributed by atoms with Crippen molar-refractivity contribution in [2.24, 2.45) is 23.7 Å². The molecule has 75 heavy (non-hydrogen) atoms. The summed E-state index contributed by atoms with van der Waals surface area (Å²) in [5, 5.41) is 4.78. The first-order chi connectivity index (χ1) is 36.8. The third-order valence-corrected chi connectivity index (χ3v) is 23.1. The number of thiophene rings is 4. The fraction of sp³-hybridized carbons (Fsp3) is 0.465. The molecule has 4 aromatic carbocycles. The van der Waals surface area contributed by atoms with Gasteiger partial charge in [0.15, 0.2) is 0 Å². The van der Waals surface area contributed by atoms with E-state index in [9.17, 15) is 0 Å². The van der Waals surface area contributed by atoms with Crippen LogP contribution in [-0.4, -0.2) is 0 Å². The minimum atomic E-state index is -0.427. The Kier molecular flexibility index (Phi) is 17.6. The van der Waals surface area contributed by atoms with Gasteiger partial charge in [-0.2, -0.15) is 0 Å². The summed E-state index contributed by atoms with van der Waals surface area (Å²) in [6, 6.07) is 45.4. The number of hydrogen-bond acceptors (Lipinski definition) is 4. The molecule has 0 N–H and O–H groups in total. The lowest BCUT2D eigenvalue weighted by molar-refractivity contribution is 0.449. The van der Waals surface area contributed by atoms with E-state index in [0.29, 0.717) is 0 Å². The highest BCUT2D eigenvalue weighted by Gasteiger charge is 2.54. The molecular weight excluding hydrogens is 981 g/mol. The summed E-state index contributed by atoms with van der Waals surface area (Å²) in [7, 11) is 0. The Morgan fingerprint density at radius 1 is 0.333 bits per heavy atom. The Labute approximate surface area is 469 Å². The highest BCUT2D eigenvalue weighted by molar-refractivity contribution is 7.34. The van der Waals surface area contributed by atoms with E-state index in [4.69, 9.17) is 0 Å². The molecule has 0 amide bonds. The molecule has 2 aliphatic carbocycles. The van der Waals surface area contributed by atoms with Gasteiger partial charge in [0.25, 0.3) is 0 Å². The van der Waals surface area contributed by atoms with Crippen molar-refractivity contribution < 1.29 is 0 Å². The lowest BCUT2D eigenvalue weighted by Crippen LogP contribution is -2.29. The van der Waals surface area contributed by atoms with Gasteiger partial charge in [0.05, 0.1) is 30.0 Å². The number of unbranched alkanes of at least 4 members (excludes halogenated alkanes) is 3. The van der Waals surface area contributed by atoms with Crippen LogP contribution in [0.1, 0.15) is 218 Å². The molecule has 0 radical (unpaired) electrons. The molecule has 5 atom stereocenters. The van der Waals surface area contributed by atoms with E-state index in [1.165, 1.54) is 192 Å². The summed E-state index contributed by atoms with van der Waals surface area (Å²) in [6.45, 7) is 18.9. The van der Waals surface area contributed by atoms with Crippen molar-refractivity contribution in [2.75, 3.05) is 0 Å². The first-order valence-electron chi connectivity index (χ1n) is 29.9. The zero-order valence-corrected chi connectivity index (χ0v) is 50.2. The highest BCUT2D eigenvalue weighted by atomic mass is 32.1. The fourth-order valence-corrected chi connectivity index (χ4v) is 19.2. The van der Waals surface area contributed by atoms with Crippen LogP contribution in [0.3, 0.4) is 0 Å². The molecule has 4 heteroatoms. The average molecular weight is 1070 g/mol. The number of rotatable bonds is 27. The molecule has 4 aromatic heterocycles. The molecule has 10 rings (SSSR count). The minimum Gasteiger partial charge on any atom is -0.143 e. The van der Waals surface area contributed by atoms with Gasteiger partial charge in [-0.25, -0.2) is 0 Å². The van der Waals surface area contributed by atoms with Crippen molar-refractivity contribution >= 4 is 54.7 Å². The van der Waals surface area contributed by atoms with Gasteiger partial charge in [-0.1, -0.05) is 249 Å². The van der Waals surface area contributed by atoms with E-state index in [-0.39, 0.29) is 0 Å². The van der Waals surface area contributed by atoms with E-state index in [1.54, 1.807) is 0 Å². The molecule has 0 bridgehead atoms. The molecule has 4 heterocycles. The Morgan fingerprint density at radius 3 is 0.893 bits per heavy atom. The van der Waals surface area contributed by atoms with Crippen molar-refractivity contribution in [1.82, 2.24) is 0 Å². The Hall–Kier alpha value is -4.06. The molecule has 0 fully saturated rings. The van der Waals surface area contributed by atoms with Gasteiger partial charge in [-0.15, -0.1) is 45.3 Å². The van der Waals surface area contributed by atoms with Gasteiger partial charge >= 0.3 is 0 Å². The van der Waals surface area contributed by atoms with Crippen LogP contribution in [0.25, 0.3) is 28.9 Å². The average Bonchev–Trinajstić information content (AvgIpc) is 4.42. The van der Waals surface area contributed by atoms with Crippen molar-refractivity contribution in [3.8, 4) is 19.5 Å². The van der Waals surface area contributed by atoms with E-state index in [1.807, 2.05) is 22.7 Å². The topological polar surface area (TPSA) is 0 Å². The lowest BCUT2D eigenvalue weighted by Gasteiger charge is -2.34. The molecule has 0 saturated carbocycles. The predicted octanol–water partition coefficient (Wildman–Crippen LogP) is 22.5.